The van der Waals surface area contributed by atoms with Crippen LogP contribution in [-0.2, 0) is 4.74 Å². The summed E-state index contributed by atoms with van der Waals surface area (Å²) < 4.78 is 4.97. The van der Waals surface area contributed by atoms with Crippen molar-refractivity contribution < 1.29 is 14.3 Å². The maximum absolute atomic E-state index is 12.5. The molecule has 5 nitrogen and oxygen atoms in total. The Morgan fingerprint density at radius 1 is 1.18 bits per heavy atom. The Labute approximate surface area is 133 Å². The number of benzene rings is 1. The van der Waals surface area contributed by atoms with Crippen LogP contribution in [-0.4, -0.2) is 38.1 Å². The average molecular weight is 318 g/mol. The second-order valence-electron chi connectivity index (χ2n) is 4.56. The number of rotatable bonds is 8. The van der Waals surface area contributed by atoms with E-state index in [1.165, 1.54) is 11.3 Å². The van der Waals surface area contributed by atoms with E-state index in [-0.39, 0.29) is 11.7 Å². The maximum atomic E-state index is 12.5. The van der Waals surface area contributed by atoms with Crippen LogP contribution in [0, 0.1) is 0 Å². The van der Waals surface area contributed by atoms with Crippen LogP contribution in [0.4, 0.5) is 0 Å². The number of carbonyl (C=O) groups excluding carboxylic acids is 2. The fourth-order valence-corrected chi connectivity index (χ4v) is 2.52. The Kier molecular flexibility index (Phi) is 6.27. The molecule has 2 N–H and O–H groups in total. The number of thiophene rings is 1. The first-order chi connectivity index (χ1) is 10.7. The molecule has 1 amide bonds. The molecule has 1 atom stereocenters. The van der Waals surface area contributed by atoms with Crippen molar-refractivity contribution in [3.8, 4) is 0 Å². The van der Waals surface area contributed by atoms with Gasteiger partial charge in [-0.2, -0.15) is 0 Å². The first-order valence-corrected chi connectivity index (χ1v) is 7.76. The van der Waals surface area contributed by atoms with Crippen molar-refractivity contribution in [2.75, 3.05) is 20.3 Å². The molecule has 0 bridgehead atoms. The number of amides is 1. The molecular formula is C16H18N2O3S. The lowest BCUT2D eigenvalue weighted by Crippen LogP contribution is -2.51. The number of Topliss-reactive ketones (excluding diaryl/α,β-unsaturated/α-hetero) is 1. The van der Waals surface area contributed by atoms with Gasteiger partial charge < -0.3 is 10.1 Å². The predicted octanol–water partition coefficient (Wildman–Crippen LogP) is 1.92. The lowest BCUT2D eigenvalue weighted by molar-refractivity contribution is 0.0833. The Hall–Kier alpha value is -2.02. The van der Waals surface area contributed by atoms with E-state index in [0.717, 1.165) is 0 Å². The first kappa shape index (κ1) is 16.4. The minimum atomic E-state index is -0.785. The molecule has 0 aliphatic heterocycles. The zero-order valence-electron chi connectivity index (χ0n) is 12.2. The van der Waals surface area contributed by atoms with E-state index in [2.05, 4.69) is 10.6 Å². The molecule has 0 radical (unpaired) electrons. The lowest BCUT2D eigenvalue weighted by atomic mass is 10.1. The van der Waals surface area contributed by atoms with E-state index in [9.17, 15) is 9.59 Å². The van der Waals surface area contributed by atoms with Crippen LogP contribution >= 0.6 is 11.3 Å². The molecule has 1 heterocycles. The first-order valence-electron chi connectivity index (χ1n) is 6.88. The van der Waals surface area contributed by atoms with Gasteiger partial charge in [-0.25, -0.2) is 0 Å². The van der Waals surface area contributed by atoms with Gasteiger partial charge in [0.15, 0.2) is 5.78 Å². The summed E-state index contributed by atoms with van der Waals surface area (Å²) in [5, 5.41) is 7.56. The van der Waals surface area contributed by atoms with Crippen LogP contribution in [0.1, 0.15) is 20.0 Å². The van der Waals surface area contributed by atoms with E-state index in [1.54, 1.807) is 43.5 Å². The molecule has 2 rings (SSSR count). The molecule has 1 aromatic heterocycles. The molecular weight excluding hydrogens is 300 g/mol. The average Bonchev–Trinajstić information content (AvgIpc) is 3.09. The summed E-state index contributed by atoms with van der Waals surface area (Å²) in [6, 6.07) is 12.4. The second-order valence-corrected chi connectivity index (χ2v) is 5.51. The van der Waals surface area contributed by atoms with Crippen molar-refractivity contribution in [2.45, 2.75) is 6.17 Å². The van der Waals surface area contributed by atoms with Gasteiger partial charge in [0.2, 0.25) is 0 Å². The van der Waals surface area contributed by atoms with Crippen LogP contribution in [0.25, 0.3) is 0 Å². The summed E-state index contributed by atoms with van der Waals surface area (Å²) in [7, 11) is 1.58. The highest BCUT2D eigenvalue weighted by molar-refractivity contribution is 7.12. The minimum Gasteiger partial charge on any atom is -0.383 e. The van der Waals surface area contributed by atoms with Crippen molar-refractivity contribution in [3.05, 3.63) is 58.3 Å². The zero-order valence-corrected chi connectivity index (χ0v) is 13.1. The quantitative estimate of drug-likeness (QED) is 0.443. The Morgan fingerprint density at radius 2 is 1.95 bits per heavy atom. The molecule has 0 saturated heterocycles. The van der Waals surface area contributed by atoms with Gasteiger partial charge in [-0.3, -0.25) is 14.9 Å². The Balaban J connectivity index is 2.08. The molecule has 0 fully saturated rings. The van der Waals surface area contributed by atoms with Crippen LogP contribution in [0.2, 0.25) is 0 Å². The molecule has 0 saturated carbocycles. The molecule has 116 valence electrons. The number of nitrogens with one attached hydrogen (secondary N) is 2. The fourth-order valence-electron chi connectivity index (χ4n) is 1.89. The van der Waals surface area contributed by atoms with Crippen LogP contribution in [0.15, 0.2) is 47.8 Å². The van der Waals surface area contributed by atoms with Crippen molar-refractivity contribution in [2.24, 2.45) is 0 Å². The van der Waals surface area contributed by atoms with Crippen molar-refractivity contribution in [1.29, 1.82) is 0 Å². The van der Waals surface area contributed by atoms with Gasteiger partial charge in [0.25, 0.3) is 5.91 Å². The smallest absolute Gasteiger partial charge is 0.262 e. The van der Waals surface area contributed by atoms with Crippen LogP contribution in [0.5, 0.6) is 0 Å². The van der Waals surface area contributed by atoms with Gasteiger partial charge >= 0.3 is 0 Å². The predicted molar refractivity (Wildman–Crippen MR) is 86.2 cm³/mol. The van der Waals surface area contributed by atoms with Crippen LogP contribution < -0.4 is 10.6 Å². The van der Waals surface area contributed by atoms with Gasteiger partial charge in [-0.05, 0) is 11.4 Å². The summed E-state index contributed by atoms with van der Waals surface area (Å²) in [5.41, 5.74) is 0.545. The highest BCUT2D eigenvalue weighted by Gasteiger charge is 2.22. The Morgan fingerprint density at radius 3 is 2.59 bits per heavy atom. The third-order valence-electron chi connectivity index (χ3n) is 3.00. The van der Waals surface area contributed by atoms with E-state index in [0.29, 0.717) is 23.6 Å². The molecule has 0 aliphatic carbocycles. The molecule has 6 heteroatoms. The number of carbonyl (C=O) groups is 2. The maximum Gasteiger partial charge on any atom is 0.262 e. The number of ketones is 1. The van der Waals surface area contributed by atoms with E-state index in [1.807, 2.05) is 11.4 Å². The normalized spacial score (nSPS) is 11.9. The number of hydrogen-bond acceptors (Lipinski definition) is 5. The third kappa shape index (κ3) is 4.49. The standard InChI is InChI=1S/C16H18N2O3S/c1-21-10-9-17-15(14(19)12-6-3-2-4-7-12)18-16(20)13-8-5-11-22-13/h2-8,11,15,17H,9-10H2,1H3,(H,18,20). The molecule has 1 aromatic carbocycles. The molecule has 1 unspecified atom stereocenters. The summed E-state index contributed by atoms with van der Waals surface area (Å²) >= 11 is 1.33. The largest absolute Gasteiger partial charge is 0.383 e. The summed E-state index contributed by atoms with van der Waals surface area (Å²) in [6.45, 7) is 0.915. The SMILES string of the molecule is COCCNC(NC(=O)c1cccs1)C(=O)c1ccccc1. The molecule has 22 heavy (non-hydrogen) atoms. The van der Waals surface area contributed by atoms with Gasteiger partial charge in [-0.1, -0.05) is 36.4 Å². The third-order valence-corrected chi connectivity index (χ3v) is 3.86. The van der Waals surface area contributed by atoms with E-state index >= 15 is 0 Å². The van der Waals surface area contributed by atoms with Gasteiger partial charge in [0.05, 0.1) is 11.5 Å². The number of ether oxygens (including phenoxy) is 1. The van der Waals surface area contributed by atoms with Gasteiger partial charge in [0.1, 0.15) is 6.17 Å². The van der Waals surface area contributed by atoms with Crippen molar-refractivity contribution in [1.82, 2.24) is 10.6 Å². The highest BCUT2D eigenvalue weighted by atomic mass is 32.1. The fraction of sp³-hybridized carbons (Fsp3) is 0.250. The summed E-state index contributed by atoms with van der Waals surface area (Å²) in [6.07, 6.45) is -0.785. The zero-order chi connectivity index (χ0) is 15.8. The van der Waals surface area contributed by atoms with Gasteiger partial charge in [-0.15, -0.1) is 11.3 Å². The number of hydrogen-bond donors (Lipinski definition) is 2. The van der Waals surface area contributed by atoms with Gasteiger partial charge in [0, 0.05) is 19.2 Å². The summed E-state index contributed by atoms with van der Waals surface area (Å²) in [4.78, 5) is 25.3. The van der Waals surface area contributed by atoms with Crippen LogP contribution in [0.3, 0.4) is 0 Å². The highest BCUT2D eigenvalue weighted by Crippen LogP contribution is 2.09. The molecule has 0 aliphatic rings. The lowest BCUT2D eigenvalue weighted by Gasteiger charge is -2.19. The minimum absolute atomic E-state index is 0.179. The molecule has 0 spiro atoms. The number of methoxy groups -OCH3 is 1. The van der Waals surface area contributed by atoms with Crippen molar-refractivity contribution >= 4 is 23.0 Å². The van der Waals surface area contributed by atoms with E-state index < -0.39 is 6.17 Å². The summed E-state index contributed by atoms with van der Waals surface area (Å²) in [5.74, 6) is -0.448. The Bertz CT molecular complexity index is 599. The second kappa shape index (κ2) is 8.43. The van der Waals surface area contributed by atoms with Crippen molar-refractivity contribution in [3.63, 3.8) is 0 Å². The molecule has 2 aromatic rings. The topological polar surface area (TPSA) is 67.4 Å². The van der Waals surface area contributed by atoms with E-state index in [4.69, 9.17) is 4.74 Å². The monoisotopic (exact) mass is 318 g/mol.